The quantitative estimate of drug-likeness (QED) is 0.424. The molecule has 33 heavy (non-hydrogen) atoms. The Morgan fingerprint density at radius 3 is 2.39 bits per heavy atom. The minimum Gasteiger partial charge on any atom is -0.508 e. The maximum Gasteiger partial charge on any atom is 0.123 e. The van der Waals surface area contributed by atoms with Crippen molar-refractivity contribution in [3.05, 3.63) is 95.1 Å². The third-order valence-electron chi connectivity index (χ3n) is 7.35. The van der Waals surface area contributed by atoms with Crippen LogP contribution in [0.4, 0.5) is 0 Å². The van der Waals surface area contributed by atoms with Crippen molar-refractivity contribution in [1.82, 2.24) is 4.90 Å². The molecule has 3 aromatic rings. The van der Waals surface area contributed by atoms with E-state index in [-0.39, 0.29) is 11.8 Å². The lowest BCUT2D eigenvalue weighted by molar-refractivity contribution is 0.225. The van der Waals surface area contributed by atoms with Gasteiger partial charge in [0.25, 0.3) is 0 Å². The number of fused-ring (bicyclic) bond motifs is 1. The molecular weight excluding hydrogens is 406 g/mol. The smallest absolute Gasteiger partial charge is 0.123 e. The number of aryl methyl sites for hydroxylation is 1. The molecule has 5 rings (SSSR count). The Morgan fingerprint density at radius 1 is 0.818 bits per heavy atom. The first-order valence-corrected chi connectivity index (χ1v) is 12.6. The molecular formula is C30H35NO2. The molecule has 1 unspecified atom stereocenters. The van der Waals surface area contributed by atoms with Gasteiger partial charge in [0.15, 0.2) is 0 Å². The van der Waals surface area contributed by atoms with Crippen LogP contribution in [0.15, 0.2) is 72.8 Å². The summed E-state index contributed by atoms with van der Waals surface area (Å²) in [5.41, 5.74) is 5.05. The van der Waals surface area contributed by atoms with E-state index in [2.05, 4.69) is 59.5 Å². The molecule has 1 N–H and O–H groups in total. The van der Waals surface area contributed by atoms with E-state index in [1.165, 1.54) is 68.4 Å². The van der Waals surface area contributed by atoms with Gasteiger partial charge in [-0.1, -0.05) is 61.0 Å². The number of likely N-dealkylation sites (tertiary alicyclic amines) is 1. The minimum absolute atomic E-state index is 0.163. The zero-order chi connectivity index (χ0) is 22.5. The number of hydrogen-bond donors (Lipinski definition) is 1. The summed E-state index contributed by atoms with van der Waals surface area (Å²) in [5, 5.41) is 10.2. The number of ether oxygens (including phenoxy) is 1. The number of phenols is 1. The van der Waals surface area contributed by atoms with E-state index in [4.69, 9.17) is 4.74 Å². The summed E-state index contributed by atoms with van der Waals surface area (Å²) in [5.74, 6) is 1.56. The first kappa shape index (κ1) is 22.0. The van der Waals surface area contributed by atoms with Crippen molar-refractivity contribution < 1.29 is 9.84 Å². The average Bonchev–Trinajstić information content (AvgIpc) is 2.87. The second kappa shape index (κ2) is 10.4. The predicted octanol–water partition coefficient (Wildman–Crippen LogP) is 6.51. The summed E-state index contributed by atoms with van der Waals surface area (Å²) in [7, 11) is 0. The standard InChI is InChI=1S/C30H35NO2/c32-26-16-17-29-27(21-26)30(28(22-33-29)24-10-3-1-4-11-24)25-14-12-23(13-15-25)9-5-8-20-31-18-6-2-7-19-31/h1,3-4,10-17,21,28,30,32H,2,5-9,18-20,22H2/t28-,30?/m1/s1. The van der Waals surface area contributed by atoms with Gasteiger partial charge in [-0.3, -0.25) is 0 Å². The Hall–Kier alpha value is -2.78. The minimum atomic E-state index is 0.163. The van der Waals surface area contributed by atoms with Crippen molar-refractivity contribution in [3.63, 3.8) is 0 Å². The number of nitrogens with zero attached hydrogens (tertiary/aromatic N) is 1. The van der Waals surface area contributed by atoms with Crippen LogP contribution in [0.3, 0.4) is 0 Å². The molecule has 0 amide bonds. The van der Waals surface area contributed by atoms with Gasteiger partial charge in [-0.2, -0.15) is 0 Å². The normalized spacial score (nSPS) is 20.7. The van der Waals surface area contributed by atoms with Crippen LogP contribution in [0.1, 0.15) is 66.2 Å². The summed E-state index contributed by atoms with van der Waals surface area (Å²) in [4.78, 5) is 2.63. The molecule has 0 radical (unpaired) electrons. The summed E-state index contributed by atoms with van der Waals surface area (Å²) in [6, 6.07) is 25.3. The zero-order valence-corrected chi connectivity index (χ0v) is 19.5. The SMILES string of the molecule is Oc1ccc2c(c1)C(c1ccc(CCCCN3CCCCC3)cc1)[C@@H](c1ccccc1)CO2. The monoisotopic (exact) mass is 441 g/mol. The van der Waals surface area contributed by atoms with E-state index in [0.29, 0.717) is 12.4 Å². The molecule has 0 spiro atoms. The number of aromatic hydroxyl groups is 1. The van der Waals surface area contributed by atoms with Crippen LogP contribution in [0, 0.1) is 0 Å². The average molecular weight is 442 g/mol. The molecule has 0 bridgehead atoms. The van der Waals surface area contributed by atoms with E-state index in [1.54, 1.807) is 6.07 Å². The fourth-order valence-corrected chi connectivity index (χ4v) is 5.54. The number of unbranched alkanes of at least 4 members (excludes halogenated alkanes) is 1. The highest BCUT2D eigenvalue weighted by atomic mass is 16.5. The first-order chi connectivity index (χ1) is 16.3. The van der Waals surface area contributed by atoms with Crippen molar-refractivity contribution in [3.8, 4) is 11.5 Å². The highest BCUT2D eigenvalue weighted by Crippen LogP contribution is 2.47. The van der Waals surface area contributed by atoms with Crippen molar-refractivity contribution in [2.24, 2.45) is 0 Å². The molecule has 3 nitrogen and oxygen atoms in total. The van der Waals surface area contributed by atoms with Crippen LogP contribution >= 0.6 is 0 Å². The van der Waals surface area contributed by atoms with Gasteiger partial charge in [-0.05, 0) is 86.6 Å². The Kier molecular flexibility index (Phi) is 6.97. The maximum absolute atomic E-state index is 10.2. The Bertz CT molecular complexity index is 1020. The van der Waals surface area contributed by atoms with E-state index < -0.39 is 0 Å². The fraction of sp³-hybridized carbons (Fsp3) is 0.400. The van der Waals surface area contributed by atoms with E-state index >= 15 is 0 Å². The van der Waals surface area contributed by atoms with Gasteiger partial charge in [-0.25, -0.2) is 0 Å². The molecule has 2 atom stereocenters. The van der Waals surface area contributed by atoms with Gasteiger partial charge in [0.1, 0.15) is 11.5 Å². The van der Waals surface area contributed by atoms with E-state index in [9.17, 15) is 5.11 Å². The Morgan fingerprint density at radius 2 is 1.61 bits per heavy atom. The van der Waals surface area contributed by atoms with Crippen molar-refractivity contribution in [1.29, 1.82) is 0 Å². The lowest BCUT2D eigenvalue weighted by Crippen LogP contribution is -2.30. The summed E-state index contributed by atoms with van der Waals surface area (Å²) in [6.07, 6.45) is 7.82. The molecule has 0 aromatic heterocycles. The number of rotatable bonds is 7. The van der Waals surface area contributed by atoms with Gasteiger partial charge >= 0.3 is 0 Å². The van der Waals surface area contributed by atoms with Gasteiger partial charge in [0.2, 0.25) is 0 Å². The number of piperidine rings is 1. The number of benzene rings is 3. The first-order valence-electron chi connectivity index (χ1n) is 12.6. The Balaban J connectivity index is 1.31. The Labute approximate surface area is 198 Å². The molecule has 0 aliphatic carbocycles. The topological polar surface area (TPSA) is 32.7 Å². The van der Waals surface area contributed by atoms with E-state index in [0.717, 1.165) is 17.7 Å². The van der Waals surface area contributed by atoms with Crippen molar-refractivity contribution >= 4 is 0 Å². The third-order valence-corrected chi connectivity index (χ3v) is 7.35. The summed E-state index contributed by atoms with van der Waals surface area (Å²) >= 11 is 0. The summed E-state index contributed by atoms with van der Waals surface area (Å²) in [6.45, 7) is 4.47. The second-order valence-electron chi connectivity index (χ2n) is 9.63. The van der Waals surface area contributed by atoms with Gasteiger partial charge in [-0.15, -0.1) is 0 Å². The lowest BCUT2D eigenvalue weighted by atomic mass is 9.75. The highest BCUT2D eigenvalue weighted by molar-refractivity contribution is 5.50. The molecule has 172 valence electrons. The zero-order valence-electron chi connectivity index (χ0n) is 19.5. The third kappa shape index (κ3) is 5.25. The second-order valence-corrected chi connectivity index (χ2v) is 9.63. The van der Waals surface area contributed by atoms with Crippen LogP contribution in [0.5, 0.6) is 11.5 Å². The lowest BCUT2D eigenvalue weighted by Gasteiger charge is -2.34. The molecule has 2 heterocycles. The van der Waals surface area contributed by atoms with Gasteiger partial charge in [0.05, 0.1) is 6.61 Å². The summed E-state index contributed by atoms with van der Waals surface area (Å²) < 4.78 is 6.12. The molecule has 1 saturated heterocycles. The highest BCUT2D eigenvalue weighted by Gasteiger charge is 2.33. The maximum atomic E-state index is 10.2. The van der Waals surface area contributed by atoms with Crippen LogP contribution in [0.2, 0.25) is 0 Å². The predicted molar refractivity (Wildman–Crippen MR) is 134 cm³/mol. The van der Waals surface area contributed by atoms with Crippen molar-refractivity contribution in [2.45, 2.75) is 50.4 Å². The molecule has 1 fully saturated rings. The van der Waals surface area contributed by atoms with E-state index in [1.807, 2.05) is 12.1 Å². The van der Waals surface area contributed by atoms with Gasteiger partial charge < -0.3 is 14.7 Å². The molecule has 2 aliphatic heterocycles. The van der Waals surface area contributed by atoms with Crippen LogP contribution in [-0.2, 0) is 6.42 Å². The fourth-order valence-electron chi connectivity index (χ4n) is 5.54. The van der Waals surface area contributed by atoms with Crippen LogP contribution in [0.25, 0.3) is 0 Å². The largest absolute Gasteiger partial charge is 0.508 e. The number of phenolic OH excluding ortho intramolecular Hbond substituents is 1. The van der Waals surface area contributed by atoms with Crippen molar-refractivity contribution in [2.75, 3.05) is 26.2 Å². The van der Waals surface area contributed by atoms with Gasteiger partial charge in [0, 0.05) is 17.4 Å². The molecule has 0 saturated carbocycles. The number of hydrogen-bond acceptors (Lipinski definition) is 3. The molecule has 3 aromatic carbocycles. The molecule has 2 aliphatic rings. The van der Waals surface area contributed by atoms with Crippen LogP contribution < -0.4 is 4.74 Å². The molecule has 3 heteroatoms. The van der Waals surface area contributed by atoms with Crippen LogP contribution in [-0.4, -0.2) is 36.2 Å².